The average Bonchev–Trinajstić information content (AvgIpc) is 3.32. The molecule has 0 saturated carbocycles. The summed E-state index contributed by atoms with van der Waals surface area (Å²) in [6.07, 6.45) is 1.75. The number of aliphatic imine (C=N–C) groups is 1. The topological polar surface area (TPSA) is 90.5 Å². The van der Waals surface area contributed by atoms with E-state index in [4.69, 9.17) is 16.3 Å². The summed E-state index contributed by atoms with van der Waals surface area (Å²) < 4.78 is 5.16. The van der Waals surface area contributed by atoms with Gasteiger partial charge >= 0.3 is 0 Å². The molecule has 0 bridgehead atoms. The summed E-state index contributed by atoms with van der Waals surface area (Å²) in [6.45, 7) is 0. The number of benzene rings is 3. The van der Waals surface area contributed by atoms with Crippen molar-refractivity contribution in [3.05, 3.63) is 86.7 Å². The van der Waals surface area contributed by atoms with Crippen molar-refractivity contribution in [3.63, 3.8) is 0 Å². The molecular formula is C24H15ClN4O3S. The van der Waals surface area contributed by atoms with Crippen LogP contribution in [-0.4, -0.2) is 28.2 Å². The maximum absolute atomic E-state index is 11.2. The third kappa shape index (κ3) is 4.13. The Kier molecular flexibility index (Phi) is 5.45. The number of nitro groups is 1. The molecule has 0 aliphatic rings. The second-order valence-electron chi connectivity index (χ2n) is 7.16. The lowest BCUT2D eigenvalue weighted by atomic mass is 10.1. The van der Waals surface area contributed by atoms with E-state index >= 15 is 0 Å². The van der Waals surface area contributed by atoms with Gasteiger partial charge in [-0.05, 0) is 48.0 Å². The second-order valence-corrected chi connectivity index (χ2v) is 8.38. The van der Waals surface area contributed by atoms with Crippen LogP contribution in [0.5, 0.6) is 5.75 Å². The molecule has 0 fully saturated rings. The van der Waals surface area contributed by atoms with Crippen LogP contribution < -0.4 is 4.74 Å². The highest BCUT2D eigenvalue weighted by atomic mass is 35.5. The van der Waals surface area contributed by atoms with Crippen molar-refractivity contribution in [3.8, 4) is 17.0 Å². The first-order chi connectivity index (χ1) is 16.0. The van der Waals surface area contributed by atoms with Crippen molar-refractivity contribution in [2.24, 2.45) is 4.99 Å². The number of methoxy groups -OCH3 is 1. The molecule has 0 atom stereocenters. The predicted molar refractivity (Wildman–Crippen MR) is 132 cm³/mol. The summed E-state index contributed by atoms with van der Waals surface area (Å²) in [5.41, 5.74) is 3.85. The van der Waals surface area contributed by atoms with E-state index in [1.807, 2.05) is 47.8 Å². The number of thiazole rings is 1. The molecule has 0 aliphatic carbocycles. The van der Waals surface area contributed by atoms with Gasteiger partial charge in [0.2, 0.25) is 5.13 Å². The number of fused-ring (bicyclic) bond motifs is 2. The Morgan fingerprint density at radius 3 is 2.48 bits per heavy atom. The van der Waals surface area contributed by atoms with Crippen LogP contribution in [0.3, 0.4) is 0 Å². The average molecular weight is 475 g/mol. The first-order valence-corrected chi connectivity index (χ1v) is 11.1. The molecule has 0 N–H and O–H groups in total. The first kappa shape index (κ1) is 21.0. The highest BCUT2D eigenvalue weighted by Gasteiger charge is 2.14. The Morgan fingerprint density at radius 1 is 1.03 bits per heavy atom. The lowest BCUT2D eigenvalue weighted by molar-refractivity contribution is -0.384. The molecule has 33 heavy (non-hydrogen) atoms. The molecule has 0 unspecified atom stereocenters. The van der Waals surface area contributed by atoms with Crippen molar-refractivity contribution >= 4 is 61.8 Å². The number of hydrogen-bond acceptors (Lipinski definition) is 7. The highest BCUT2D eigenvalue weighted by molar-refractivity contribution is 7.13. The van der Waals surface area contributed by atoms with Gasteiger partial charge in [-0.25, -0.2) is 15.0 Å². The Balaban J connectivity index is 1.49. The van der Waals surface area contributed by atoms with E-state index < -0.39 is 4.92 Å². The van der Waals surface area contributed by atoms with Gasteiger partial charge in [-0.2, -0.15) is 0 Å². The monoisotopic (exact) mass is 474 g/mol. The van der Waals surface area contributed by atoms with Gasteiger partial charge < -0.3 is 4.74 Å². The molecular weight excluding hydrogens is 460 g/mol. The number of rotatable bonds is 5. The number of pyridine rings is 1. The van der Waals surface area contributed by atoms with Crippen LogP contribution in [0.25, 0.3) is 33.1 Å². The zero-order valence-corrected chi connectivity index (χ0v) is 18.8. The molecule has 162 valence electrons. The number of nitro benzene ring substituents is 1. The molecule has 5 rings (SSSR count). The number of aromatic nitrogens is 2. The van der Waals surface area contributed by atoms with E-state index in [1.54, 1.807) is 19.4 Å². The molecule has 0 saturated heterocycles. The molecule has 3 aromatic carbocycles. The number of nitrogens with zero attached hydrogens (tertiary/aromatic N) is 4. The summed E-state index contributed by atoms with van der Waals surface area (Å²) >= 11 is 8.07. The van der Waals surface area contributed by atoms with Gasteiger partial charge in [0.25, 0.3) is 5.69 Å². The number of hydrogen-bond donors (Lipinski definition) is 0. The van der Waals surface area contributed by atoms with Gasteiger partial charge in [0.1, 0.15) is 5.75 Å². The Morgan fingerprint density at radius 2 is 1.76 bits per heavy atom. The van der Waals surface area contributed by atoms with Gasteiger partial charge in [0, 0.05) is 40.1 Å². The fourth-order valence-electron chi connectivity index (χ4n) is 3.43. The maximum Gasteiger partial charge on any atom is 0.270 e. The zero-order valence-electron chi connectivity index (χ0n) is 17.2. The third-order valence-electron chi connectivity index (χ3n) is 5.13. The number of halogens is 1. The second kappa shape index (κ2) is 8.57. The van der Waals surface area contributed by atoms with Crippen molar-refractivity contribution in [1.29, 1.82) is 0 Å². The summed E-state index contributed by atoms with van der Waals surface area (Å²) in [5, 5.41) is 15.4. The molecule has 0 spiro atoms. The SMILES string of the molecule is COc1ccc(/C=N/c2nc(-c3ccc4nc5ccc([N+](=O)[O-])cc5c(Cl)c4c3)cs2)cc1. The van der Waals surface area contributed by atoms with E-state index in [2.05, 4.69) is 15.0 Å². The van der Waals surface area contributed by atoms with Crippen LogP contribution in [0, 0.1) is 10.1 Å². The molecule has 7 nitrogen and oxygen atoms in total. The minimum atomic E-state index is -0.445. The lowest BCUT2D eigenvalue weighted by Gasteiger charge is -2.07. The lowest BCUT2D eigenvalue weighted by Crippen LogP contribution is -1.90. The van der Waals surface area contributed by atoms with Gasteiger partial charge in [-0.1, -0.05) is 17.7 Å². The summed E-state index contributed by atoms with van der Waals surface area (Å²) in [4.78, 5) is 24.4. The van der Waals surface area contributed by atoms with E-state index in [0.717, 1.165) is 22.6 Å². The quantitative estimate of drug-likeness (QED) is 0.120. The molecule has 2 heterocycles. The fourth-order valence-corrected chi connectivity index (χ4v) is 4.40. The standard InChI is InChI=1S/C24H15ClN4O3S/c1-32-17-6-2-14(3-7-17)12-26-24-28-22(13-33-24)15-4-8-20-18(10-15)23(25)19-11-16(29(30)31)5-9-21(19)27-20/h2-13H,1H3/b26-12+. The van der Waals surface area contributed by atoms with E-state index in [-0.39, 0.29) is 5.69 Å². The summed E-state index contributed by atoms with van der Waals surface area (Å²) in [7, 11) is 1.63. The van der Waals surface area contributed by atoms with Crippen molar-refractivity contribution < 1.29 is 9.66 Å². The van der Waals surface area contributed by atoms with Crippen LogP contribution in [-0.2, 0) is 0 Å². The molecule has 9 heteroatoms. The van der Waals surface area contributed by atoms with Crippen LogP contribution >= 0.6 is 22.9 Å². The van der Waals surface area contributed by atoms with Crippen molar-refractivity contribution in [2.75, 3.05) is 7.11 Å². The maximum atomic E-state index is 11.2. The minimum Gasteiger partial charge on any atom is -0.497 e. The summed E-state index contributed by atoms with van der Waals surface area (Å²) in [5.74, 6) is 0.788. The normalized spacial score (nSPS) is 11.5. The molecule has 2 aromatic heterocycles. The molecule has 0 radical (unpaired) electrons. The Hall–Kier alpha value is -3.88. The summed E-state index contributed by atoms with van der Waals surface area (Å²) in [6, 6.07) is 17.8. The van der Waals surface area contributed by atoms with Gasteiger partial charge in [0.05, 0.1) is 33.8 Å². The van der Waals surface area contributed by atoms with Crippen molar-refractivity contribution in [2.45, 2.75) is 0 Å². The van der Waals surface area contributed by atoms with E-state index in [1.165, 1.54) is 23.5 Å². The van der Waals surface area contributed by atoms with Crippen LogP contribution in [0.2, 0.25) is 5.02 Å². The van der Waals surface area contributed by atoms with Crippen LogP contribution in [0.15, 0.2) is 71.0 Å². The Bertz CT molecular complexity index is 1550. The smallest absolute Gasteiger partial charge is 0.270 e. The largest absolute Gasteiger partial charge is 0.497 e. The predicted octanol–water partition coefficient (Wildman–Crippen LogP) is 6.83. The highest BCUT2D eigenvalue weighted by Crippen LogP contribution is 2.35. The van der Waals surface area contributed by atoms with Gasteiger partial charge in [-0.15, -0.1) is 11.3 Å². The van der Waals surface area contributed by atoms with Gasteiger partial charge in [-0.3, -0.25) is 10.1 Å². The minimum absolute atomic E-state index is 0.0273. The van der Waals surface area contributed by atoms with Crippen LogP contribution in [0.4, 0.5) is 10.8 Å². The molecule has 0 amide bonds. The number of non-ortho nitro benzene ring substituents is 1. The number of ether oxygens (including phenoxy) is 1. The molecule has 0 aliphatic heterocycles. The molecule has 5 aromatic rings. The zero-order chi connectivity index (χ0) is 22.9. The third-order valence-corrected chi connectivity index (χ3v) is 6.28. The Labute approximate surface area is 197 Å². The van der Waals surface area contributed by atoms with E-state index in [9.17, 15) is 10.1 Å². The fraction of sp³-hybridized carbons (Fsp3) is 0.0417. The van der Waals surface area contributed by atoms with Gasteiger partial charge in [0.15, 0.2) is 0 Å². The van der Waals surface area contributed by atoms with E-state index in [0.29, 0.717) is 32.0 Å². The van der Waals surface area contributed by atoms with Crippen LogP contribution in [0.1, 0.15) is 5.56 Å². The first-order valence-electron chi connectivity index (χ1n) is 9.83. The van der Waals surface area contributed by atoms with Crippen molar-refractivity contribution in [1.82, 2.24) is 9.97 Å².